The Morgan fingerprint density at radius 2 is 1.73 bits per heavy atom. The summed E-state index contributed by atoms with van der Waals surface area (Å²) in [5.74, 6) is 0.787. The molecule has 2 N–H and O–H groups in total. The van der Waals surface area contributed by atoms with Gasteiger partial charge in [0.05, 0.1) is 0 Å². The fraction of sp³-hybridized carbons (Fsp3) is 0.211. The number of pyridine rings is 1. The van der Waals surface area contributed by atoms with Crippen molar-refractivity contribution in [3.63, 3.8) is 0 Å². The van der Waals surface area contributed by atoms with Gasteiger partial charge in [-0.25, -0.2) is 0 Å². The van der Waals surface area contributed by atoms with Crippen LogP contribution in [0.15, 0.2) is 60.8 Å². The SMILES string of the molecule is CC.NCc1ccc2cccnc2c1OCc1ccccc1. The molecule has 114 valence electrons. The number of hydrogen-bond acceptors (Lipinski definition) is 3. The number of rotatable bonds is 4. The van der Waals surface area contributed by atoms with Gasteiger partial charge >= 0.3 is 0 Å². The van der Waals surface area contributed by atoms with Crippen molar-refractivity contribution in [2.75, 3.05) is 0 Å². The second-order valence-electron chi connectivity index (χ2n) is 4.61. The van der Waals surface area contributed by atoms with Gasteiger partial charge in [-0.15, -0.1) is 0 Å². The Hall–Kier alpha value is -2.39. The minimum Gasteiger partial charge on any atom is -0.486 e. The largest absolute Gasteiger partial charge is 0.486 e. The van der Waals surface area contributed by atoms with Gasteiger partial charge in [0.1, 0.15) is 12.1 Å². The van der Waals surface area contributed by atoms with Gasteiger partial charge in [0.15, 0.2) is 5.75 Å². The summed E-state index contributed by atoms with van der Waals surface area (Å²) in [7, 11) is 0. The summed E-state index contributed by atoms with van der Waals surface area (Å²) < 4.78 is 5.98. The number of aromatic nitrogens is 1. The summed E-state index contributed by atoms with van der Waals surface area (Å²) in [4.78, 5) is 4.42. The van der Waals surface area contributed by atoms with E-state index in [-0.39, 0.29) is 0 Å². The van der Waals surface area contributed by atoms with E-state index in [1.54, 1.807) is 6.20 Å². The molecule has 0 unspecified atom stereocenters. The van der Waals surface area contributed by atoms with Crippen molar-refractivity contribution >= 4 is 10.9 Å². The molecule has 0 saturated carbocycles. The Kier molecular flexibility index (Phi) is 5.92. The summed E-state index contributed by atoms with van der Waals surface area (Å²) in [5, 5.41) is 1.06. The predicted molar refractivity (Wildman–Crippen MR) is 91.8 cm³/mol. The quantitative estimate of drug-likeness (QED) is 0.780. The number of hydrogen-bond donors (Lipinski definition) is 1. The van der Waals surface area contributed by atoms with Gasteiger partial charge < -0.3 is 10.5 Å². The molecule has 0 aliphatic heterocycles. The standard InChI is InChI=1S/C17H16N2O.C2H6/c18-11-15-9-8-14-7-4-10-19-16(14)17(15)20-12-13-5-2-1-3-6-13;1-2/h1-10H,11-12,18H2;1-2H3. The molecule has 3 rings (SSSR count). The van der Waals surface area contributed by atoms with Crippen LogP contribution in [0.25, 0.3) is 10.9 Å². The van der Waals surface area contributed by atoms with E-state index in [9.17, 15) is 0 Å². The predicted octanol–water partition coefficient (Wildman–Crippen LogP) is 4.30. The molecule has 3 nitrogen and oxygen atoms in total. The van der Waals surface area contributed by atoms with Crippen LogP contribution in [0, 0.1) is 0 Å². The van der Waals surface area contributed by atoms with Crippen LogP contribution in [0.5, 0.6) is 5.75 Å². The molecular weight excluding hydrogens is 272 g/mol. The Labute approximate surface area is 131 Å². The Balaban J connectivity index is 0.000000847. The lowest BCUT2D eigenvalue weighted by Crippen LogP contribution is -2.04. The number of nitrogens with zero attached hydrogens (tertiary/aromatic N) is 1. The maximum atomic E-state index is 5.98. The first kappa shape index (κ1) is 16.0. The van der Waals surface area contributed by atoms with E-state index in [4.69, 9.17) is 10.5 Å². The van der Waals surface area contributed by atoms with Crippen LogP contribution in [0.4, 0.5) is 0 Å². The topological polar surface area (TPSA) is 48.1 Å². The molecule has 3 aromatic rings. The molecule has 3 heteroatoms. The number of ether oxygens (including phenoxy) is 1. The van der Waals surface area contributed by atoms with Crippen molar-refractivity contribution in [1.29, 1.82) is 0 Å². The van der Waals surface area contributed by atoms with Gasteiger partial charge in [-0.2, -0.15) is 0 Å². The monoisotopic (exact) mass is 294 g/mol. The molecule has 0 aliphatic carbocycles. The van der Waals surface area contributed by atoms with Crippen molar-refractivity contribution in [3.8, 4) is 5.75 Å². The van der Waals surface area contributed by atoms with E-state index in [0.29, 0.717) is 13.2 Å². The van der Waals surface area contributed by atoms with Crippen molar-refractivity contribution in [2.24, 2.45) is 5.73 Å². The molecule has 0 saturated heterocycles. The summed E-state index contributed by atoms with van der Waals surface area (Å²) in [6.45, 7) is 4.96. The van der Waals surface area contributed by atoms with E-state index in [0.717, 1.165) is 27.8 Å². The zero-order chi connectivity index (χ0) is 15.8. The van der Waals surface area contributed by atoms with E-state index in [1.807, 2.05) is 68.4 Å². The second-order valence-corrected chi connectivity index (χ2v) is 4.61. The van der Waals surface area contributed by atoms with Crippen molar-refractivity contribution < 1.29 is 4.74 Å². The molecule has 0 radical (unpaired) electrons. The van der Waals surface area contributed by atoms with Gasteiger partial charge in [0, 0.05) is 23.7 Å². The van der Waals surface area contributed by atoms with Crippen molar-refractivity contribution in [3.05, 3.63) is 71.9 Å². The molecule has 2 aromatic carbocycles. The first-order valence-electron chi connectivity index (χ1n) is 7.62. The fourth-order valence-electron chi connectivity index (χ4n) is 2.21. The van der Waals surface area contributed by atoms with Gasteiger partial charge in [0.25, 0.3) is 0 Å². The van der Waals surface area contributed by atoms with Gasteiger partial charge in [0.2, 0.25) is 0 Å². The van der Waals surface area contributed by atoms with Crippen LogP contribution < -0.4 is 10.5 Å². The molecular formula is C19H22N2O. The molecule has 1 heterocycles. The first-order valence-corrected chi connectivity index (χ1v) is 7.62. The molecule has 0 fully saturated rings. The summed E-state index contributed by atoms with van der Waals surface area (Å²) in [5.41, 5.74) is 8.78. The lowest BCUT2D eigenvalue weighted by molar-refractivity contribution is 0.306. The van der Waals surface area contributed by atoms with Crippen LogP contribution in [-0.2, 0) is 13.2 Å². The molecule has 0 spiro atoms. The third-order valence-electron chi connectivity index (χ3n) is 3.26. The Morgan fingerprint density at radius 1 is 0.955 bits per heavy atom. The second kappa shape index (κ2) is 8.15. The third kappa shape index (κ3) is 3.62. The zero-order valence-electron chi connectivity index (χ0n) is 13.1. The normalized spacial score (nSPS) is 9.95. The van der Waals surface area contributed by atoms with Crippen LogP contribution in [0.2, 0.25) is 0 Å². The molecule has 22 heavy (non-hydrogen) atoms. The van der Waals surface area contributed by atoms with E-state index >= 15 is 0 Å². The molecule has 0 aliphatic rings. The molecule has 1 aromatic heterocycles. The lowest BCUT2D eigenvalue weighted by Gasteiger charge is -2.12. The molecule has 0 atom stereocenters. The van der Waals surface area contributed by atoms with Gasteiger partial charge in [-0.05, 0) is 11.6 Å². The minimum absolute atomic E-state index is 0.441. The zero-order valence-corrected chi connectivity index (χ0v) is 13.1. The Bertz CT molecular complexity index is 711. The molecule has 0 amide bonds. The molecule has 0 bridgehead atoms. The maximum Gasteiger partial charge on any atom is 0.150 e. The fourth-order valence-corrected chi connectivity index (χ4v) is 2.21. The van der Waals surface area contributed by atoms with Gasteiger partial charge in [-0.3, -0.25) is 4.98 Å². The van der Waals surface area contributed by atoms with Crippen LogP contribution in [-0.4, -0.2) is 4.98 Å². The van der Waals surface area contributed by atoms with E-state index in [1.165, 1.54) is 0 Å². The average Bonchev–Trinajstić information content (AvgIpc) is 2.62. The van der Waals surface area contributed by atoms with Crippen molar-refractivity contribution in [2.45, 2.75) is 27.0 Å². The van der Waals surface area contributed by atoms with Crippen LogP contribution >= 0.6 is 0 Å². The van der Waals surface area contributed by atoms with Crippen LogP contribution in [0.3, 0.4) is 0 Å². The highest BCUT2D eigenvalue weighted by molar-refractivity contribution is 5.85. The lowest BCUT2D eigenvalue weighted by atomic mass is 10.1. The highest BCUT2D eigenvalue weighted by Crippen LogP contribution is 2.28. The summed E-state index contributed by atoms with van der Waals surface area (Å²) >= 11 is 0. The summed E-state index contributed by atoms with van der Waals surface area (Å²) in [6, 6.07) is 18.1. The number of fused-ring (bicyclic) bond motifs is 1. The third-order valence-corrected chi connectivity index (χ3v) is 3.26. The highest BCUT2D eigenvalue weighted by atomic mass is 16.5. The average molecular weight is 294 g/mol. The highest BCUT2D eigenvalue weighted by Gasteiger charge is 2.09. The van der Waals surface area contributed by atoms with E-state index < -0.39 is 0 Å². The minimum atomic E-state index is 0.441. The van der Waals surface area contributed by atoms with E-state index in [2.05, 4.69) is 4.98 Å². The summed E-state index contributed by atoms with van der Waals surface area (Å²) in [6.07, 6.45) is 1.78. The smallest absolute Gasteiger partial charge is 0.150 e. The first-order chi connectivity index (χ1) is 10.9. The van der Waals surface area contributed by atoms with Gasteiger partial charge in [-0.1, -0.05) is 62.4 Å². The van der Waals surface area contributed by atoms with Crippen molar-refractivity contribution in [1.82, 2.24) is 4.98 Å². The Morgan fingerprint density at radius 3 is 2.45 bits per heavy atom. The number of nitrogens with two attached hydrogens (primary N) is 1. The number of benzene rings is 2. The van der Waals surface area contributed by atoms with Crippen LogP contribution in [0.1, 0.15) is 25.0 Å². The maximum absolute atomic E-state index is 5.98.